The first-order chi connectivity index (χ1) is 12.1. The molecule has 1 heterocycles. The van der Waals surface area contributed by atoms with Gasteiger partial charge in [0.1, 0.15) is 0 Å². The topological polar surface area (TPSA) is 52.7 Å². The zero-order valence-corrected chi connectivity index (χ0v) is 14.2. The number of carbonyl (C=O) groups is 2. The summed E-state index contributed by atoms with van der Waals surface area (Å²) >= 11 is 0. The van der Waals surface area contributed by atoms with E-state index >= 15 is 0 Å². The van der Waals surface area contributed by atoms with Gasteiger partial charge < -0.3 is 10.2 Å². The third-order valence-corrected chi connectivity index (χ3v) is 5.15. The normalized spacial score (nSPS) is 18.8. The molecule has 2 aliphatic rings. The second kappa shape index (κ2) is 6.24. The highest BCUT2D eigenvalue weighted by Crippen LogP contribution is 2.35. The van der Waals surface area contributed by atoms with Gasteiger partial charge in [0.25, 0.3) is 5.91 Å². The minimum absolute atomic E-state index is 0.0110. The Labute approximate surface area is 147 Å². The quantitative estimate of drug-likeness (QED) is 0.937. The van der Waals surface area contributed by atoms with Gasteiger partial charge in [-0.1, -0.05) is 30.3 Å². The molecule has 0 saturated carbocycles. The van der Waals surface area contributed by atoms with Crippen molar-refractivity contribution >= 4 is 17.6 Å². The zero-order valence-electron chi connectivity index (χ0n) is 14.2. The molecule has 2 aromatic carbocycles. The average molecular weight is 335 g/mol. The first-order valence-corrected chi connectivity index (χ1v) is 8.65. The van der Waals surface area contributed by atoms with Crippen LogP contribution in [0.5, 0.6) is 0 Å². The van der Waals surface area contributed by atoms with Gasteiger partial charge in [0, 0.05) is 31.4 Å². The van der Waals surface area contributed by atoms with Crippen LogP contribution in [0.1, 0.15) is 33.9 Å². The van der Waals surface area contributed by atoms with E-state index in [0.29, 0.717) is 18.7 Å². The molecule has 4 rings (SSSR count). The number of carbonyl (C=O) groups excluding carboxylic acids is 2. The summed E-state index contributed by atoms with van der Waals surface area (Å²) in [5, 5.41) is 2.79. The summed E-state index contributed by atoms with van der Waals surface area (Å²) in [6.07, 6.45) is 1.96. The maximum atomic E-state index is 13.0. The Morgan fingerprint density at radius 3 is 2.84 bits per heavy atom. The maximum Gasteiger partial charge on any atom is 0.321 e. The van der Waals surface area contributed by atoms with Crippen molar-refractivity contribution in [3.05, 3.63) is 65.2 Å². The van der Waals surface area contributed by atoms with Crippen LogP contribution in [-0.2, 0) is 6.42 Å². The molecular weight excluding hydrogens is 314 g/mol. The highest BCUT2D eigenvalue weighted by Gasteiger charge is 2.29. The lowest BCUT2D eigenvalue weighted by Crippen LogP contribution is -2.31. The van der Waals surface area contributed by atoms with Crippen LogP contribution in [-0.4, -0.2) is 37.0 Å². The van der Waals surface area contributed by atoms with Crippen molar-refractivity contribution in [1.82, 2.24) is 10.2 Å². The summed E-state index contributed by atoms with van der Waals surface area (Å²) in [5.74, 6) is -0.0110. The Morgan fingerprint density at radius 2 is 2.04 bits per heavy atom. The van der Waals surface area contributed by atoms with E-state index in [1.54, 1.807) is 4.90 Å². The highest BCUT2D eigenvalue weighted by molar-refractivity contribution is 5.98. The minimum atomic E-state index is -0.109. The molecule has 1 atom stereocenters. The average Bonchev–Trinajstić information content (AvgIpc) is 3.26. The Hall–Kier alpha value is -2.82. The molecule has 0 aromatic heterocycles. The van der Waals surface area contributed by atoms with E-state index in [1.165, 1.54) is 11.1 Å². The largest absolute Gasteiger partial charge is 0.336 e. The van der Waals surface area contributed by atoms with Crippen LogP contribution in [0.2, 0.25) is 0 Å². The molecule has 2 aromatic rings. The third kappa shape index (κ3) is 2.76. The van der Waals surface area contributed by atoms with Crippen LogP contribution in [0.3, 0.4) is 0 Å². The number of rotatable bonds is 3. The molecule has 3 amide bonds. The molecule has 0 spiro atoms. The van der Waals surface area contributed by atoms with E-state index in [0.717, 1.165) is 18.5 Å². The number of hydrogen-bond acceptors (Lipinski definition) is 2. The van der Waals surface area contributed by atoms with Gasteiger partial charge in [-0.25, -0.2) is 4.79 Å². The molecule has 1 aliphatic carbocycles. The number of anilines is 1. The minimum Gasteiger partial charge on any atom is -0.336 e. The number of nitrogens with one attached hydrogen (secondary N) is 1. The van der Waals surface area contributed by atoms with Crippen molar-refractivity contribution in [2.24, 2.45) is 0 Å². The number of fused-ring (bicyclic) bond motifs is 1. The van der Waals surface area contributed by atoms with Gasteiger partial charge in [-0.15, -0.1) is 0 Å². The lowest BCUT2D eigenvalue weighted by Gasteiger charge is -2.26. The Kier molecular flexibility index (Phi) is 3.92. The molecule has 5 nitrogen and oxygen atoms in total. The summed E-state index contributed by atoms with van der Waals surface area (Å²) in [6.45, 7) is 1.26. The second-order valence-electron chi connectivity index (χ2n) is 6.60. The fraction of sp³-hybridized carbons (Fsp3) is 0.300. The smallest absolute Gasteiger partial charge is 0.321 e. The maximum absolute atomic E-state index is 13.0. The van der Waals surface area contributed by atoms with E-state index in [9.17, 15) is 9.59 Å². The molecule has 5 heteroatoms. The van der Waals surface area contributed by atoms with Crippen LogP contribution in [0.25, 0.3) is 0 Å². The van der Waals surface area contributed by atoms with Gasteiger partial charge in [-0.2, -0.15) is 0 Å². The third-order valence-electron chi connectivity index (χ3n) is 5.15. The van der Waals surface area contributed by atoms with Gasteiger partial charge in [-0.05, 0) is 42.2 Å². The van der Waals surface area contributed by atoms with Crippen molar-refractivity contribution in [2.75, 3.05) is 25.0 Å². The van der Waals surface area contributed by atoms with Gasteiger partial charge in [0.2, 0.25) is 0 Å². The molecule has 0 bridgehead atoms. The van der Waals surface area contributed by atoms with E-state index in [4.69, 9.17) is 0 Å². The van der Waals surface area contributed by atoms with Crippen LogP contribution < -0.4 is 10.2 Å². The second-order valence-corrected chi connectivity index (χ2v) is 6.60. The predicted molar refractivity (Wildman–Crippen MR) is 96.8 cm³/mol. The van der Waals surface area contributed by atoms with E-state index in [2.05, 4.69) is 17.4 Å². The molecule has 0 radical (unpaired) electrons. The summed E-state index contributed by atoms with van der Waals surface area (Å²) in [5.41, 5.74) is 3.95. The first-order valence-electron chi connectivity index (χ1n) is 8.65. The summed E-state index contributed by atoms with van der Waals surface area (Å²) < 4.78 is 0. The van der Waals surface area contributed by atoms with Crippen molar-refractivity contribution in [2.45, 2.75) is 18.9 Å². The fourth-order valence-electron chi connectivity index (χ4n) is 3.81. The number of amides is 3. The van der Waals surface area contributed by atoms with Crippen molar-refractivity contribution in [3.63, 3.8) is 0 Å². The first kappa shape index (κ1) is 15.7. The van der Waals surface area contributed by atoms with Gasteiger partial charge in [0.15, 0.2) is 0 Å². The van der Waals surface area contributed by atoms with Gasteiger partial charge in [-0.3, -0.25) is 9.69 Å². The van der Waals surface area contributed by atoms with Crippen LogP contribution >= 0.6 is 0 Å². The number of aryl methyl sites for hydroxylation is 1. The number of nitrogens with zero attached hydrogens (tertiary/aromatic N) is 2. The van der Waals surface area contributed by atoms with Gasteiger partial charge in [0.05, 0.1) is 6.04 Å². The lowest BCUT2D eigenvalue weighted by molar-refractivity contribution is 0.0730. The van der Waals surface area contributed by atoms with E-state index in [-0.39, 0.29) is 18.0 Å². The van der Waals surface area contributed by atoms with Crippen molar-refractivity contribution in [1.29, 1.82) is 0 Å². The lowest BCUT2D eigenvalue weighted by atomic mass is 10.1. The number of benzene rings is 2. The van der Waals surface area contributed by atoms with Crippen molar-refractivity contribution in [3.8, 4) is 0 Å². The van der Waals surface area contributed by atoms with Crippen LogP contribution in [0.4, 0.5) is 10.5 Å². The molecule has 1 saturated heterocycles. The Bertz CT molecular complexity index is 833. The van der Waals surface area contributed by atoms with Crippen LogP contribution in [0.15, 0.2) is 48.5 Å². The molecule has 1 unspecified atom stereocenters. The monoisotopic (exact) mass is 335 g/mol. The predicted octanol–water partition coefficient (Wildman–Crippen LogP) is 2.98. The molecule has 1 aliphatic heterocycles. The number of urea groups is 1. The molecule has 25 heavy (non-hydrogen) atoms. The van der Waals surface area contributed by atoms with E-state index < -0.39 is 0 Å². The highest BCUT2D eigenvalue weighted by atomic mass is 16.2. The van der Waals surface area contributed by atoms with Crippen molar-refractivity contribution < 1.29 is 9.59 Å². The molecule has 1 N–H and O–H groups in total. The molecule has 1 fully saturated rings. The van der Waals surface area contributed by atoms with E-state index in [1.807, 2.05) is 48.3 Å². The molecule has 128 valence electrons. The Balaban J connectivity index is 1.58. The number of hydrogen-bond donors (Lipinski definition) is 1. The summed E-state index contributed by atoms with van der Waals surface area (Å²) in [7, 11) is 1.87. The van der Waals surface area contributed by atoms with Crippen LogP contribution in [0, 0.1) is 0 Å². The molecular formula is C20H21N3O2. The zero-order chi connectivity index (χ0) is 17.4. The standard InChI is InChI=1S/C20H21N3O2/c1-22(18-10-9-14-5-2-3-8-17(14)18)19(24)15-6-4-7-16(13-15)23-12-11-21-20(23)25/h2-8,13,18H,9-12H2,1H3,(H,21,25). The Morgan fingerprint density at radius 1 is 1.20 bits per heavy atom. The van der Waals surface area contributed by atoms with Gasteiger partial charge >= 0.3 is 6.03 Å². The summed E-state index contributed by atoms with van der Waals surface area (Å²) in [6, 6.07) is 15.7. The SMILES string of the molecule is CN(C(=O)c1cccc(N2CCNC2=O)c1)C1CCc2ccccc21. The fourth-order valence-corrected chi connectivity index (χ4v) is 3.81. The summed E-state index contributed by atoms with van der Waals surface area (Å²) in [4.78, 5) is 28.3.